The van der Waals surface area contributed by atoms with Crippen LogP contribution in [0.2, 0.25) is 5.02 Å². The van der Waals surface area contributed by atoms with Gasteiger partial charge in [-0.15, -0.1) is 0 Å². The summed E-state index contributed by atoms with van der Waals surface area (Å²) in [6, 6.07) is 16.0. The molecule has 2 heterocycles. The highest BCUT2D eigenvalue weighted by molar-refractivity contribution is 6.31. The van der Waals surface area contributed by atoms with E-state index >= 15 is 0 Å². The Labute approximate surface area is 177 Å². The molecule has 1 amide bonds. The molecule has 3 aromatic rings. The summed E-state index contributed by atoms with van der Waals surface area (Å²) < 4.78 is 17.7. The van der Waals surface area contributed by atoms with Gasteiger partial charge >= 0.3 is 5.97 Å². The van der Waals surface area contributed by atoms with Crippen LogP contribution in [0.15, 0.2) is 60.8 Å². The first-order chi connectivity index (χ1) is 14.6. The lowest BCUT2D eigenvalue weighted by atomic mass is 10.2. The molecule has 4 rings (SSSR count). The summed E-state index contributed by atoms with van der Waals surface area (Å²) in [5.41, 5.74) is 0.861. The molecule has 1 atom stereocenters. The SMILES string of the molecule is O=C(COC(=O)C1COc2ccccc2O1)Nc1ccnn1Cc1ccccc1Cl. The Kier molecular flexibility index (Phi) is 5.85. The lowest BCUT2D eigenvalue weighted by Gasteiger charge is -2.24. The highest BCUT2D eigenvalue weighted by atomic mass is 35.5. The number of hydrogen-bond acceptors (Lipinski definition) is 6. The zero-order valence-electron chi connectivity index (χ0n) is 15.8. The van der Waals surface area contributed by atoms with Crippen molar-refractivity contribution in [1.29, 1.82) is 0 Å². The van der Waals surface area contributed by atoms with Gasteiger partial charge in [0.2, 0.25) is 6.10 Å². The standard InChI is InChI=1S/C21H18ClN3O5/c22-15-6-2-1-5-14(15)11-25-19(9-10-23-25)24-20(26)13-29-21(27)18-12-28-16-7-3-4-8-17(16)30-18/h1-10,18H,11-13H2,(H,24,26). The first kappa shape index (κ1) is 19.8. The van der Waals surface area contributed by atoms with E-state index in [-0.39, 0.29) is 6.61 Å². The van der Waals surface area contributed by atoms with Crippen molar-refractivity contribution in [2.45, 2.75) is 12.6 Å². The second-order valence-electron chi connectivity index (χ2n) is 6.49. The minimum atomic E-state index is -0.932. The lowest BCUT2D eigenvalue weighted by molar-refractivity contribution is -0.156. The minimum absolute atomic E-state index is 0.0159. The van der Waals surface area contributed by atoms with Crippen LogP contribution >= 0.6 is 11.6 Å². The van der Waals surface area contributed by atoms with Crippen LogP contribution in [-0.2, 0) is 20.9 Å². The second-order valence-corrected chi connectivity index (χ2v) is 6.89. The fourth-order valence-corrected chi connectivity index (χ4v) is 3.09. The molecule has 0 radical (unpaired) electrons. The number of ether oxygens (including phenoxy) is 3. The monoisotopic (exact) mass is 427 g/mol. The number of halogens is 1. The first-order valence-corrected chi connectivity index (χ1v) is 9.58. The molecule has 1 aliphatic rings. The highest BCUT2D eigenvalue weighted by Gasteiger charge is 2.29. The number of nitrogens with one attached hydrogen (secondary N) is 1. The number of benzene rings is 2. The van der Waals surface area contributed by atoms with Gasteiger partial charge in [-0.2, -0.15) is 5.10 Å². The van der Waals surface area contributed by atoms with Crippen molar-refractivity contribution >= 4 is 29.3 Å². The van der Waals surface area contributed by atoms with Crippen molar-refractivity contribution in [2.75, 3.05) is 18.5 Å². The largest absolute Gasteiger partial charge is 0.485 e. The van der Waals surface area contributed by atoms with Crippen LogP contribution in [0.4, 0.5) is 5.82 Å². The van der Waals surface area contributed by atoms with Gasteiger partial charge in [0.15, 0.2) is 18.1 Å². The van der Waals surface area contributed by atoms with Crippen LogP contribution in [0.1, 0.15) is 5.56 Å². The summed E-state index contributed by atoms with van der Waals surface area (Å²) >= 11 is 6.18. The number of anilines is 1. The van der Waals surface area contributed by atoms with Crippen LogP contribution in [0.3, 0.4) is 0 Å². The van der Waals surface area contributed by atoms with Crippen molar-refractivity contribution in [1.82, 2.24) is 9.78 Å². The van der Waals surface area contributed by atoms with Crippen LogP contribution in [0, 0.1) is 0 Å². The number of nitrogens with zero attached hydrogens (tertiary/aromatic N) is 2. The van der Waals surface area contributed by atoms with Gasteiger partial charge in [-0.05, 0) is 23.8 Å². The number of hydrogen-bond donors (Lipinski definition) is 1. The van der Waals surface area contributed by atoms with E-state index in [1.165, 1.54) is 0 Å². The Bertz CT molecular complexity index is 1070. The van der Waals surface area contributed by atoms with Gasteiger partial charge in [0, 0.05) is 11.1 Å². The number of para-hydroxylation sites is 2. The van der Waals surface area contributed by atoms with Gasteiger partial charge in [0.1, 0.15) is 12.4 Å². The van der Waals surface area contributed by atoms with E-state index in [9.17, 15) is 9.59 Å². The Hall–Kier alpha value is -3.52. The first-order valence-electron chi connectivity index (χ1n) is 9.20. The molecular formula is C21H18ClN3O5. The highest BCUT2D eigenvalue weighted by Crippen LogP contribution is 2.31. The van der Waals surface area contributed by atoms with Gasteiger partial charge in [-0.1, -0.05) is 41.9 Å². The molecule has 8 nitrogen and oxygen atoms in total. The van der Waals surface area contributed by atoms with Crippen LogP contribution in [-0.4, -0.2) is 41.0 Å². The number of carbonyl (C=O) groups is 2. The number of amides is 1. The van der Waals surface area contributed by atoms with E-state index in [4.69, 9.17) is 25.8 Å². The molecule has 9 heteroatoms. The Morgan fingerprint density at radius 3 is 2.73 bits per heavy atom. The van der Waals surface area contributed by atoms with Crippen molar-refractivity contribution in [3.63, 3.8) is 0 Å². The average molecular weight is 428 g/mol. The maximum absolute atomic E-state index is 12.2. The number of carbonyl (C=O) groups excluding carboxylic acids is 2. The molecule has 154 valence electrons. The van der Waals surface area contributed by atoms with Crippen molar-refractivity contribution in [2.24, 2.45) is 0 Å². The molecule has 30 heavy (non-hydrogen) atoms. The topological polar surface area (TPSA) is 91.7 Å². The second kappa shape index (κ2) is 8.87. The molecular weight excluding hydrogens is 410 g/mol. The van der Waals surface area contributed by atoms with E-state index in [1.807, 2.05) is 24.3 Å². The van der Waals surface area contributed by atoms with Crippen molar-refractivity contribution in [3.8, 4) is 11.5 Å². The van der Waals surface area contributed by atoms with Gasteiger partial charge in [0.05, 0.1) is 12.7 Å². The smallest absolute Gasteiger partial charge is 0.351 e. The Balaban J connectivity index is 1.30. The summed E-state index contributed by atoms with van der Waals surface area (Å²) in [4.78, 5) is 24.5. The van der Waals surface area contributed by atoms with E-state index < -0.39 is 24.6 Å². The Morgan fingerprint density at radius 2 is 1.90 bits per heavy atom. The molecule has 1 aromatic heterocycles. The number of fused-ring (bicyclic) bond motifs is 1. The summed E-state index contributed by atoms with van der Waals surface area (Å²) in [5.74, 6) is 0.303. The predicted molar refractivity (Wildman–Crippen MR) is 109 cm³/mol. The van der Waals surface area contributed by atoms with Crippen LogP contribution in [0.5, 0.6) is 11.5 Å². The molecule has 0 aliphatic carbocycles. The van der Waals surface area contributed by atoms with E-state index in [1.54, 1.807) is 41.2 Å². The zero-order chi connectivity index (χ0) is 20.9. The van der Waals surface area contributed by atoms with E-state index in [2.05, 4.69) is 10.4 Å². The lowest BCUT2D eigenvalue weighted by Crippen LogP contribution is -2.39. The molecule has 0 spiro atoms. The normalized spacial score (nSPS) is 14.8. The van der Waals surface area contributed by atoms with E-state index in [0.29, 0.717) is 28.9 Å². The molecule has 0 saturated carbocycles. The van der Waals surface area contributed by atoms with Crippen LogP contribution < -0.4 is 14.8 Å². The van der Waals surface area contributed by atoms with Crippen molar-refractivity contribution < 1.29 is 23.8 Å². The third kappa shape index (κ3) is 4.55. The molecule has 1 N–H and O–H groups in total. The van der Waals surface area contributed by atoms with Crippen LogP contribution in [0.25, 0.3) is 0 Å². The fourth-order valence-electron chi connectivity index (χ4n) is 2.90. The molecule has 2 aromatic carbocycles. The maximum atomic E-state index is 12.2. The third-order valence-electron chi connectivity index (χ3n) is 4.38. The number of esters is 1. The molecule has 1 unspecified atom stereocenters. The maximum Gasteiger partial charge on any atom is 0.351 e. The molecule has 0 bridgehead atoms. The predicted octanol–water partition coefficient (Wildman–Crippen LogP) is 2.91. The number of rotatable bonds is 6. The Morgan fingerprint density at radius 1 is 1.13 bits per heavy atom. The molecule has 1 aliphatic heterocycles. The molecule has 0 saturated heterocycles. The van der Waals surface area contributed by atoms with Gasteiger partial charge < -0.3 is 19.5 Å². The van der Waals surface area contributed by atoms with E-state index in [0.717, 1.165) is 5.56 Å². The van der Waals surface area contributed by atoms with Gasteiger partial charge in [-0.3, -0.25) is 4.79 Å². The van der Waals surface area contributed by atoms with Crippen molar-refractivity contribution in [3.05, 3.63) is 71.4 Å². The zero-order valence-corrected chi connectivity index (χ0v) is 16.5. The van der Waals surface area contributed by atoms with Gasteiger partial charge in [0.25, 0.3) is 5.91 Å². The quantitative estimate of drug-likeness (QED) is 0.608. The average Bonchev–Trinajstić information content (AvgIpc) is 3.19. The molecule has 0 fully saturated rings. The summed E-state index contributed by atoms with van der Waals surface area (Å²) in [6.45, 7) is -0.0611. The fraction of sp³-hybridized carbons (Fsp3) is 0.190. The summed E-state index contributed by atoms with van der Waals surface area (Å²) in [5, 5.41) is 7.47. The third-order valence-corrected chi connectivity index (χ3v) is 4.75. The number of aromatic nitrogens is 2. The minimum Gasteiger partial charge on any atom is -0.485 e. The van der Waals surface area contributed by atoms with Gasteiger partial charge in [-0.25, -0.2) is 9.48 Å². The summed E-state index contributed by atoms with van der Waals surface area (Å²) in [7, 11) is 0. The summed E-state index contributed by atoms with van der Waals surface area (Å²) in [6.07, 6.45) is 0.627.